The van der Waals surface area contributed by atoms with Crippen molar-refractivity contribution in [3.8, 4) is 11.5 Å². The number of anilines is 1. The summed E-state index contributed by atoms with van der Waals surface area (Å²) in [5, 5.41) is 11.2. The summed E-state index contributed by atoms with van der Waals surface area (Å²) in [5.74, 6) is 2.07. The molecule has 1 aromatic heterocycles. The number of nitrogens with one attached hydrogen (secondary N) is 1. The SMILES string of the molecule is C=CCSc1nnc(NC(=O)c2ccc(OCC(C)C)c(OCC)c2)s1. The molecule has 26 heavy (non-hydrogen) atoms. The molecule has 0 saturated heterocycles. The number of hydrogen-bond donors (Lipinski definition) is 1. The average molecular weight is 394 g/mol. The van der Waals surface area contributed by atoms with Crippen LogP contribution in [0, 0.1) is 5.92 Å². The molecule has 2 rings (SSSR count). The minimum atomic E-state index is -0.266. The minimum absolute atomic E-state index is 0.266. The van der Waals surface area contributed by atoms with E-state index in [-0.39, 0.29) is 5.91 Å². The predicted molar refractivity (Wildman–Crippen MR) is 107 cm³/mol. The Labute approximate surface area is 162 Å². The third kappa shape index (κ3) is 6.03. The van der Waals surface area contributed by atoms with E-state index in [9.17, 15) is 4.79 Å². The van der Waals surface area contributed by atoms with Crippen molar-refractivity contribution >= 4 is 34.1 Å². The normalized spacial score (nSPS) is 10.6. The summed E-state index contributed by atoms with van der Waals surface area (Å²) in [6.45, 7) is 10.8. The molecule has 0 radical (unpaired) electrons. The van der Waals surface area contributed by atoms with Crippen LogP contribution in [0.25, 0.3) is 0 Å². The monoisotopic (exact) mass is 393 g/mol. The largest absolute Gasteiger partial charge is 0.490 e. The van der Waals surface area contributed by atoms with Gasteiger partial charge in [-0.15, -0.1) is 16.8 Å². The zero-order valence-corrected chi connectivity index (χ0v) is 16.8. The van der Waals surface area contributed by atoms with Crippen LogP contribution in [-0.4, -0.2) is 35.1 Å². The summed E-state index contributed by atoms with van der Waals surface area (Å²) in [5.41, 5.74) is 0.473. The van der Waals surface area contributed by atoms with Crippen molar-refractivity contribution < 1.29 is 14.3 Å². The molecule has 0 atom stereocenters. The maximum absolute atomic E-state index is 12.5. The summed E-state index contributed by atoms with van der Waals surface area (Å²) >= 11 is 2.85. The molecule has 6 nitrogen and oxygen atoms in total. The first kappa shape index (κ1) is 20.3. The van der Waals surface area contributed by atoms with Crippen molar-refractivity contribution in [2.24, 2.45) is 5.92 Å². The Kier molecular flexibility index (Phi) is 7.93. The number of carbonyl (C=O) groups is 1. The van der Waals surface area contributed by atoms with Crippen LogP contribution in [0.3, 0.4) is 0 Å². The molecule has 0 saturated carbocycles. The van der Waals surface area contributed by atoms with E-state index in [2.05, 4.69) is 35.9 Å². The zero-order chi connectivity index (χ0) is 18.9. The van der Waals surface area contributed by atoms with Crippen LogP contribution in [0.1, 0.15) is 31.1 Å². The maximum atomic E-state index is 12.5. The highest BCUT2D eigenvalue weighted by atomic mass is 32.2. The third-order valence-electron chi connectivity index (χ3n) is 3.03. The molecule has 0 fully saturated rings. The van der Waals surface area contributed by atoms with Crippen molar-refractivity contribution in [2.75, 3.05) is 24.3 Å². The fourth-order valence-corrected chi connectivity index (χ4v) is 3.42. The standard InChI is InChI=1S/C18H23N3O3S2/c1-5-9-25-18-21-20-17(26-18)19-16(22)13-7-8-14(24-11-12(3)4)15(10-13)23-6-2/h5,7-8,10,12H,1,6,9,11H2,2-4H3,(H,19,20,22). The second kappa shape index (κ2) is 10.2. The number of nitrogens with zero attached hydrogens (tertiary/aromatic N) is 2. The van der Waals surface area contributed by atoms with E-state index >= 15 is 0 Å². The molecule has 0 spiro atoms. The van der Waals surface area contributed by atoms with Crippen molar-refractivity contribution in [2.45, 2.75) is 25.1 Å². The van der Waals surface area contributed by atoms with E-state index in [0.29, 0.717) is 41.3 Å². The Balaban J connectivity index is 2.08. The van der Waals surface area contributed by atoms with Gasteiger partial charge in [-0.25, -0.2) is 0 Å². The van der Waals surface area contributed by atoms with Crippen LogP contribution >= 0.6 is 23.1 Å². The van der Waals surface area contributed by atoms with Gasteiger partial charge in [-0.1, -0.05) is 43.0 Å². The van der Waals surface area contributed by atoms with E-state index in [1.807, 2.05) is 6.92 Å². The Bertz CT molecular complexity index is 747. The lowest BCUT2D eigenvalue weighted by Crippen LogP contribution is -2.12. The molecule has 1 heterocycles. The highest BCUT2D eigenvalue weighted by Gasteiger charge is 2.14. The van der Waals surface area contributed by atoms with Gasteiger partial charge in [-0.05, 0) is 31.0 Å². The number of thioether (sulfide) groups is 1. The van der Waals surface area contributed by atoms with Gasteiger partial charge in [0, 0.05) is 11.3 Å². The molecular weight excluding hydrogens is 370 g/mol. The second-order valence-electron chi connectivity index (χ2n) is 5.73. The fraction of sp³-hybridized carbons (Fsp3) is 0.389. The van der Waals surface area contributed by atoms with Gasteiger partial charge in [-0.3, -0.25) is 10.1 Å². The first-order valence-electron chi connectivity index (χ1n) is 8.31. The van der Waals surface area contributed by atoms with Gasteiger partial charge in [0.2, 0.25) is 5.13 Å². The molecule has 0 aliphatic carbocycles. The summed E-state index contributed by atoms with van der Waals surface area (Å²) < 4.78 is 12.2. The number of rotatable bonds is 10. The lowest BCUT2D eigenvalue weighted by atomic mass is 10.2. The van der Waals surface area contributed by atoms with Crippen LogP contribution in [0.2, 0.25) is 0 Å². The first-order valence-corrected chi connectivity index (χ1v) is 10.1. The number of ether oxygens (including phenoxy) is 2. The van der Waals surface area contributed by atoms with Crippen LogP contribution in [0.5, 0.6) is 11.5 Å². The molecule has 1 N–H and O–H groups in total. The number of aromatic nitrogens is 2. The van der Waals surface area contributed by atoms with Gasteiger partial charge in [0.25, 0.3) is 5.91 Å². The van der Waals surface area contributed by atoms with Crippen LogP contribution in [-0.2, 0) is 0 Å². The molecule has 1 amide bonds. The quantitative estimate of drug-likeness (QED) is 0.364. The molecule has 8 heteroatoms. The average Bonchev–Trinajstić information content (AvgIpc) is 3.06. The number of amides is 1. The molecule has 2 aromatic rings. The highest BCUT2D eigenvalue weighted by Crippen LogP contribution is 2.30. The minimum Gasteiger partial charge on any atom is -0.490 e. The maximum Gasteiger partial charge on any atom is 0.257 e. The number of benzene rings is 1. The number of hydrogen-bond acceptors (Lipinski definition) is 7. The van der Waals surface area contributed by atoms with Crippen LogP contribution in [0.15, 0.2) is 35.2 Å². The van der Waals surface area contributed by atoms with Gasteiger partial charge < -0.3 is 9.47 Å². The molecule has 1 aromatic carbocycles. The zero-order valence-electron chi connectivity index (χ0n) is 15.2. The Morgan fingerprint density at radius 1 is 1.35 bits per heavy atom. The molecular formula is C18H23N3O3S2. The van der Waals surface area contributed by atoms with Gasteiger partial charge in [0.05, 0.1) is 13.2 Å². The lowest BCUT2D eigenvalue weighted by molar-refractivity contribution is 0.102. The van der Waals surface area contributed by atoms with E-state index in [1.165, 1.54) is 23.1 Å². The van der Waals surface area contributed by atoms with Crippen molar-refractivity contribution in [1.29, 1.82) is 0 Å². The molecule has 140 valence electrons. The first-order chi connectivity index (χ1) is 12.5. The van der Waals surface area contributed by atoms with Gasteiger partial charge >= 0.3 is 0 Å². The predicted octanol–water partition coefficient (Wildman–Crippen LogP) is 4.50. The number of carbonyl (C=O) groups excluding carboxylic acids is 1. The Morgan fingerprint density at radius 2 is 2.15 bits per heavy atom. The smallest absolute Gasteiger partial charge is 0.257 e. The van der Waals surface area contributed by atoms with E-state index in [0.717, 1.165) is 10.1 Å². The molecule has 0 aliphatic rings. The third-order valence-corrected chi connectivity index (χ3v) is 5.00. The van der Waals surface area contributed by atoms with Gasteiger partial charge in [0.15, 0.2) is 15.8 Å². The fourth-order valence-electron chi connectivity index (χ4n) is 1.91. The van der Waals surface area contributed by atoms with Crippen molar-refractivity contribution in [3.05, 3.63) is 36.4 Å². The lowest BCUT2D eigenvalue weighted by Gasteiger charge is -2.14. The Morgan fingerprint density at radius 3 is 2.85 bits per heavy atom. The van der Waals surface area contributed by atoms with Crippen LogP contribution < -0.4 is 14.8 Å². The summed E-state index contributed by atoms with van der Waals surface area (Å²) in [6, 6.07) is 5.15. The van der Waals surface area contributed by atoms with Crippen molar-refractivity contribution in [3.63, 3.8) is 0 Å². The van der Waals surface area contributed by atoms with Crippen LogP contribution in [0.4, 0.5) is 5.13 Å². The second-order valence-corrected chi connectivity index (χ2v) is 7.97. The Hall–Kier alpha value is -2.06. The van der Waals surface area contributed by atoms with Gasteiger partial charge in [0.1, 0.15) is 0 Å². The van der Waals surface area contributed by atoms with E-state index in [1.54, 1.807) is 24.3 Å². The van der Waals surface area contributed by atoms with E-state index in [4.69, 9.17) is 9.47 Å². The summed E-state index contributed by atoms with van der Waals surface area (Å²) in [4.78, 5) is 12.5. The molecule has 0 unspecified atom stereocenters. The van der Waals surface area contributed by atoms with Gasteiger partial charge in [-0.2, -0.15) is 0 Å². The molecule has 0 aliphatic heterocycles. The summed E-state index contributed by atoms with van der Waals surface area (Å²) in [7, 11) is 0. The topological polar surface area (TPSA) is 73.3 Å². The molecule has 0 bridgehead atoms. The highest BCUT2D eigenvalue weighted by molar-refractivity contribution is 8.01. The van der Waals surface area contributed by atoms with Crippen molar-refractivity contribution in [1.82, 2.24) is 10.2 Å². The summed E-state index contributed by atoms with van der Waals surface area (Å²) in [6.07, 6.45) is 1.79. The van der Waals surface area contributed by atoms with E-state index < -0.39 is 0 Å².